The monoisotopic (exact) mass is 222 g/mol. The van der Waals surface area contributed by atoms with E-state index in [-0.39, 0.29) is 17.3 Å². The first-order chi connectivity index (χ1) is 7.56. The molecule has 0 atom stereocenters. The van der Waals surface area contributed by atoms with E-state index in [0.717, 1.165) is 12.8 Å². The van der Waals surface area contributed by atoms with Crippen molar-refractivity contribution in [3.63, 3.8) is 0 Å². The van der Waals surface area contributed by atoms with Gasteiger partial charge in [0.25, 0.3) is 5.91 Å². The maximum atomic E-state index is 13.0. The number of amides is 1. The zero-order chi connectivity index (χ0) is 11.8. The molecule has 1 aromatic carbocycles. The second kappa shape index (κ2) is 3.87. The Kier molecular flexibility index (Phi) is 2.68. The summed E-state index contributed by atoms with van der Waals surface area (Å²) in [6.45, 7) is 2.10. The Morgan fingerprint density at radius 2 is 2.25 bits per heavy atom. The van der Waals surface area contributed by atoms with Crippen molar-refractivity contribution in [2.24, 2.45) is 5.73 Å². The second-order valence-electron chi connectivity index (χ2n) is 4.40. The molecule has 86 valence electrons. The highest BCUT2D eigenvalue weighted by Gasteiger charge is 2.42. The van der Waals surface area contributed by atoms with Gasteiger partial charge in [-0.2, -0.15) is 0 Å². The molecular formula is C12H15FN2O. The van der Waals surface area contributed by atoms with Crippen LogP contribution in [0.25, 0.3) is 0 Å². The molecule has 1 fully saturated rings. The van der Waals surface area contributed by atoms with E-state index in [1.54, 1.807) is 13.0 Å². The van der Waals surface area contributed by atoms with E-state index in [1.165, 1.54) is 12.1 Å². The lowest BCUT2D eigenvalue weighted by molar-refractivity contribution is 0.0933. The quantitative estimate of drug-likeness (QED) is 0.811. The highest BCUT2D eigenvalue weighted by atomic mass is 19.1. The molecule has 0 unspecified atom stereocenters. The Morgan fingerprint density at radius 3 is 2.75 bits per heavy atom. The summed E-state index contributed by atoms with van der Waals surface area (Å²) in [5, 5.41) is 2.89. The molecule has 16 heavy (non-hydrogen) atoms. The summed E-state index contributed by atoms with van der Waals surface area (Å²) in [7, 11) is 0. The number of halogens is 1. The van der Waals surface area contributed by atoms with E-state index >= 15 is 0 Å². The van der Waals surface area contributed by atoms with Gasteiger partial charge in [0.05, 0.1) is 5.54 Å². The molecule has 4 heteroatoms. The van der Waals surface area contributed by atoms with Gasteiger partial charge in [-0.1, -0.05) is 0 Å². The van der Waals surface area contributed by atoms with Crippen LogP contribution >= 0.6 is 0 Å². The van der Waals surface area contributed by atoms with Crippen LogP contribution in [0.4, 0.5) is 4.39 Å². The molecule has 0 aliphatic heterocycles. The predicted molar refractivity (Wildman–Crippen MR) is 59.6 cm³/mol. The molecule has 0 aromatic heterocycles. The van der Waals surface area contributed by atoms with Gasteiger partial charge in [0.15, 0.2) is 0 Å². The summed E-state index contributed by atoms with van der Waals surface area (Å²) in [5.74, 6) is -0.470. The summed E-state index contributed by atoms with van der Waals surface area (Å²) in [6, 6.07) is 4.35. The highest BCUT2D eigenvalue weighted by molar-refractivity contribution is 5.95. The van der Waals surface area contributed by atoms with Crippen molar-refractivity contribution in [1.82, 2.24) is 5.32 Å². The smallest absolute Gasteiger partial charge is 0.251 e. The average Bonchev–Trinajstić information content (AvgIpc) is 3.02. The molecule has 0 heterocycles. The number of aryl methyl sites for hydroxylation is 1. The Bertz CT molecular complexity index is 427. The van der Waals surface area contributed by atoms with Crippen molar-refractivity contribution in [2.75, 3.05) is 6.54 Å². The van der Waals surface area contributed by atoms with Crippen molar-refractivity contribution >= 4 is 5.91 Å². The van der Waals surface area contributed by atoms with Gasteiger partial charge >= 0.3 is 0 Å². The van der Waals surface area contributed by atoms with E-state index in [1.807, 2.05) is 0 Å². The number of nitrogens with one attached hydrogen (secondary N) is 1. The molecule has 1 aliphatic carbocycles. The summed E-state index contributed by atoms with van der Waals surface area (Å²) >= 11 is 0. The lowest BCUT2D eigenvalue weighted by Crippen LogP contribution is -2.42. The SMILES string of the molecule is Cc1cc(C(=O)NC2(CN)CC2)ccc1F. The normalized spacial score (nSPS) is 16.9. The lowest BCUT2D eigenvalue weighted by atomic mass is 10.1. The van der Waals surface area contributed by atoms with Crippen molar-refractivity contribution in [2.45, 2.75) is 25.3 Å². The minimum atomic E-state index is -0.295. The second-order valence-corrected chi connectivity index (χ2v) is 4.40. The van der Waals surface area contributed by atoms with Crippen LogP contribution < -0.4 is 11.1 Å². The molecule has 1 saturated carbocycles. The average molecular weight is 222 g/mol. The number of nitrogens with two attached hydrogens (primary N) is 1. The molecule has 0 radical (unpaired) electrons. The van der Waals surface area contributed by atoms with Gasteiger partial charge in [-0.05, 0) is 43.5 Å². The summed E-state index contributed by atoms with van der Waals surface area (Å²) in [4.78, 5) is 11.8. The third-order valence-corrected chi connectivity index (χ3v) is 3.04. The molecule has 0 spiro atoms. The van der Waals surface area contributed by atoms with E-state index < -0.39 is 0 Å². The Morgan fingerprint density at radius 1 is 1.56 bits per heavy atom. The van der Waals surface area contributed by atoms with E-state index in [2.05, 4.69) is 5.32 Å². The van der Waals surface area contributed by atoms with Crippen LogP contribution in [0.2, 0.25) is 0 Å². The summed E-state index contributed by atoms with van der Waals surface area (Å²) in [6.07, 6.45) is 1.85. The van der Waals surface area contributed by atoms with Gasteiger partial charge in [0.2, 0.25) is 0 Å². The number of carbonyl (C=O) groups excluding carboxylic acids is 1. The number of rotatable bonds is 3. The first kappa shape index (κ1) is 11.1. The van der Waals surface area contributed by atoms with Crippen LogP contribution in [0.5, 0.6) is 0 Å². The van der Waals surface area contributed by atoms with Crippen molar-refractivity contribution < 1.29 is 9.18 Å². The van der Waals surface area contributed by atoms with Gasteiger partial charge in [-0.3, -0.25) is 4.79 Å². The third kappa shape index (κ3) is 2.07. The molecule has 1 aliphatic rings. The maximum Gasteiger partial charge on any atom is 0.251 e. The topological polar surface area (TPSA) is 55.1 Å². The van der Waals surface area contributed by atoms with Gasteiger partial charge in [0, 0.05) is 12.1 Å². The highest BCUT2D eigenvalue weighted by Crippen LogP contribution is 2.34. The Labute approximate surface area is 93.8 Å². The van der Waals surface area contributed by atoms with Crippen LogP contribution in [-0.4, -0.2) is 18.0 Å². The van der Waals surface area contributed by atoms with Crippen LogP contribution in [0, 0.1) is 12.7 Å². The fourth-order valence-electron chi connectivity index (χ4n) is 1.63. The molecule has 0 saturated heterocycles. The van der Waals surface area contributed by atoms with Gasteiger partial charge in [0.1, 0.15) is 5.82 Å². The summed E-state index contributed by atoms with van der Waals surface area (Å²) < 4.78 is 13.0. The molecule has 3 nitrogen and oxygen atoms in total. The molecule has 3 N–H and O–H groups in total. The Hall–Kier alpha value is -1.42. The third-order valence-electron chi connectivity index (χ3n) is 3.04. The molecular weight excluding hydrogens is 207 g/mol. The van der Waals surface area contributed by atoms with Crippen LogP contribution in [0.1, 0.15) is 28.8 Å². The van der Waals surface area contributed by atoms with Crippen LogP contribution in [0.15, 0.2) is 18.2 Å². The predicted octanol–water partition coefficient (Wildman–Crippen LogP) is 1.36. The van der Waals surface area contributed by atoms with Crippen molar-refractivity contribution in [3.8, 4) is 0 Å². The van der Waals surface area contributed by atoms with Crippen molar-refractivity contribution in [1.29, 1.82) is 0 Å². The lowest BCUT2D eigenvalue weighted by Gasteiger charge is -2.15. The molecule has 1 amide bonds. The molecule has 2 rings (SSSR count). The van der Waals surface area contributed by atoms with E-state index in [9.17, 15) is 9.18 Å². The number of hydrogen-bond acceptors (Lipinski definition) is 2. The van der Waals surface area contributed by atoms with E-state index in [0.29, 0.717) is 17.7 Å². The minimum Gasteiger partial charge on any atom is -0.345 e. The molecule has 0 bridgehead atoms. The first-order valence-electron chi connectivity index (χ1n) is 5.35. The largest absolute Gasteiger partial charge is 0.345 e. The first-order valence-corrected chi connectivity index (χ1v) is 5.35. The Balaban J connectivity index is 2.12. The molecule has 1 aromatic rings. The fourth-order valence-corrected chi connectivity index (χ4v) is 1.63. The van der Waals surface area contributed by atoms with Crippen molar-refractivity contribution in [3.05, 3.63) is 35.1 Å². The van der Waals surface area contributed by atoms with Gasteiger partial charge in [-0.25, -0.2) is 4.39 Å². The summed E-state index contributed by atoms with van der Waals surface area (Å²) in [5.41, 5.74) is 6.33. The maximum absolute atomic E-state index is 13.0. The van der Waals surface area contributed by atoms with Crippen LogP contribution in [-0.2, 0) is 0 Å². The number of benzene rings is 1. The zero-order valence-electron chi connectivity index (χ0n) is 9.22. The standard InChI is InChI=1S/C12H15FN2O/c1-8-6-9(2-3-10(8)13)11(16)15-12(7-14)4-5-12/h2-3,6H,4-5,7,14H2,1H3,(H,15,16). The van der Waals surface area contributed by atoms with Gasteiger partial charge in [-0.15, -0.1) is 0 Å². The number of hydrogen-bond donors (Lipinski definition) is 2. The van der Waals surface area contributed by atoms with Crippen LogP contribution in [0.3, 0.4) is 0 Å². The number of carbonyl (C=O) groups is 1. The zero-order valence-corrected chi connectivity index (χ0v) is 9.22. The minimum absolute atomic E-state index is 0.175. The van der Waals surface area contributed by atoms with E-state index in [4.69, 9.17) is 5.73 Å². The van der Waals surface area contributed by atoms with Gasteiger partial charge < -0.3 is 11.1 Å². The fraction of sp³-hybridized carbons (Fsp3) is 0.417.